The molecule has 1 aromatic rings. The van der Waals surface area contributed by atoms with Gasteiger partial charge in [-0.25, -0.2) is 0 Å². The average molecular weight is 304 g/mol. The van der Waals surface area contributed by atoms with E-state index in [9.17, 15) is 32.9 Å². The van der Waals surface area contributed by atoms with Crippen LogP contribution in [0.25, 0.3) is 0 Å². The van der Waals surface area contributed by atoms with Crippen LogP contribution in [0.3, 0.4) is 0 Å². The summed E-state index contributed by atoms with van der Waals surface area (Å²) in [5.41, 5.74) is 0.279. The lowest BCUT2D eigenvalue weighted by Crippen LogP contribution is -2.49. The van der Waals surface area contributed by atoms with E-state index in [1.807, 2.05) is 0 Å². The molecule has 1 rings (SSSR count). The van der Waals surface area contributed by atoms with E-state index >= 15 is 0 Å². The van der Waals surface area contributed by atoms with Crippen molar-refractivity contribution in [1.29, 1.82) is 0 Å². The van der Waals surface area contributed by atoms with Gasteiger partial charge in [0, 0.05) is 4.92 Å². The van der Waals surface area contributed by atoms with Gasteiger partial charge in [0.05, 0.1) is 5.92 Å². The fraction of sp³-hybridized carbons (Fsp3) is 0.333. The maximum Gasteiger partial charge on any atom is 0.471 e. The van der Waals surface area contributed by atoms with Crippen molar-refractivity contribution in [3.05, 3.63) is 46.0 Å². The molecule has 1 N–H and O–H groups in total. The fourth-order valence-electron chi connectivity index (χ4n) is 1.74. The van der Waals surface area contributed by atoms with Crippen LogP contribution in [-0.2, 0) is 9.59 Å². The Labute approximate surface area is 117 Å². The highest BCUT2D eigenvalue weighted by atomic mass is 19.4. The molecule has 0 aromatic heterocycles. The first-order valence-electron chi connectivity index (χ1n) is 5.75. The van der Waals surface area contributed by atoms with Crippen LogP contribution in [0.4, 0.5) is 13.2 Å². The smallest absolute Gasteiger partial charge is 0.338 e. The minimum absolute atomic E-state index is 0.278. The molecule has 21 heavy (non-hydrogen) atoms. The van der Waals surface area contributed by atoms with Crippen molar-refractivity contribution in [1.82, 2.24) is 5.32 Å². The van der Waals surface area contributed by atoms with Crippen LogP contribution in [-0.4, -0.2) is 35.9 Å². The van der Waals surface area contributed by atoms with Gasteiger partial charge in [-0.1, -0.05) is 30.3 Å². The van der Waals surface area contributed by atoms with E-state index in [4.69, 9.17) is 0 Å². The Balaban J connectivity index is 3.02. The van der Waals surface area contributed by atoms with E-state index in [1.165, 1.54) is 29.6 Å². The standard InChI is InChI=1S/C12H11F3N2O4/c13-12(14,15)11(19)16-10(6-17(20)21)9(7-18)8-4-2-1-3-5-8/h1-5,7,9-10H,6H2,(H,16,19)/t9-,10+/m0/s1. The van der Waals surface area contributed by atoms with Crippen LogP contribution in [0.5, 0.6) is 0 Å². The van der Waals surface area contributed by atoms with Crippen molar-refractivity contribution in [2.75, 3.05) is 6.54 Å². The second-order valence-corrected chi connectivity index (χ2v) is 4.17. The van der Waals surface area contributed by atoms with Crippen LogP contribution in [0.2, 0.25) is 0 Å². The number of alkyl halides is 3. The highest BCUT2D eigenvalue weighted by Crippen LogP contribution is 2.20. The van der Waals surface area contributed by atoms with Crippen molar-refractivity contribution in [2.24, 2.45) is 0 Å². The third-order valence-corrected chi connectivity index (χ3v) is 2.68. The summed E-state index contributed by atoms with van der Waals surface area (Å²) in [6.45, 7) is -1.000. The van der Waals surface area contributed by atoms with E-state index in [1.54, 1.807) is 6.07 Å². The fourth-order valence-corrected chi connectivity index (χ4v) is 1.74. The second-order valence-electron chi connectivity index (χ2n) is 4.17. The number of hydrogen-bond donors (Lipinski definition) is 1. The molecular formula is C12H11F3N2O4. The number of rotatable bonds is 6. The quantitative estimate of drug-likeness (QED) is 0.487. The molecule has 0 bridgehead atoms. The lowest BCUT2D eigenvalue weighted by molar-refractivity contribution is -0.483. The Morgan fingerprint density at radius 3 is 2.33 bits per heavy atom. The average Bonchev–Trinajstić information content (AvgIpc) is 2.38. The predicted molar refractivity (Wildman–Crippen MR) is 65.1 cm³/mol. The molecule has 6 nitrogen and oxygen atoms in total. The maximum atomic E-state index is 12.2. The molecule has 0 aliphatic heterocycles. The van der Waals surface area contributed by atoms with E-state index in [0.29, 0.717) is 0 Å². The molecule has 0 radical (unpaired) electrons. The number of nitro groups is 1. The minimum atomic E-state index is -5.18. The largest absolute Gasteiger partial charge is 0.471 e. The summed E-state index contributed by atoms with van der Waals surface area (Å²) in [6.07, 6.45) is -4.90. The van der Waals surface area contributed by atoms with Gasteiger partial charge in [-0.05, 0) is 5.56 Å². The molecular weight excluding hydrogens is 293 g/mol. The molecule has 0 heterocycles. The van der Waals surface area contributed by atoms with Gasteiger partial charge in [0.1, 0.15) is 12.3 Å². The van der Waals surface area contributed by atoms with E-state index < -0.39 is 35.5 Å². The van der Waals surface area contributed by atoms with Crippen molar-refractivity contribution in [3.8, 4) is 0 Å². The van der Waals surface area contributed by atoms with E-state index in [0.717, 1.165) is 0 Å². The van der Waals surface area contributed by atoms with Gasteiger partial charge in [-0.15, -0.1) is 0 Å². The Hall–Kier alpha value is -2.45. The van der Waals surface area contributed by atoms with Gasteiger partial charge in [0.2, 0.25) is 6.54 Å². The third kappa shape index (κ3) is 4.86. The first kappa shape index (κ1) is 16.6. The molecule has 0 fully saturated rings. The van der Waals surface area contributed by atoms with Gasteiger partial charge in [0.25, 0.3) is 0 Å². The Morgan fingerprint density at radius 1 is 1.33 bits per heavy atom. The van der Waals surface area contributed by atoms with Crippen LogP contribution in [0.15, 0.2) is 30.3 Å². The van der Waals surface area contributed by atoms with Crippen molar-refractivity contribution in [2.45, 2.75) is 18.1 Å². The molecule has 0 unspecified atom stereocenters. The van der Waals surface area contributed by atoms with Crippen LogP contribution >= 0.6 is 0 Å². The number of nitrogens with zero attached hydrogens (tertiary/aromatic N) is 1. The van der Waals surface area contributed by atoms with Gasteiger partial charge in [0.15, 0.2) is 0 Å². The number of aldehydes is 1. The van der Waals surface area contributed by atoms with E-state index in [-0.39, 0.29) is 11.8 Å². The van der Waals surface area contributed by atoms with Gasteiger partial charge < -0.3 is 10.1 Å². The summed E-state index contributed by atoms with van der Waals surface area (Å²) in [5, 5.41) is 12.1. The summed E-state index contributed by atoms with van der Waals surface area (Å²) < 4.78 is 36.7. The number of hydrogen-bond acceptors (Lipinski definition) is 4. The number of benzene rings is 1. The monoisotopic (exact) mass is 304 g/mol. The zero-order chi connectivity index (χ0) is 16.0. The molecule has 0 spiro atoms. The zero-order valence-electron chi connectivity index (χ0n) is 10.5. The molecule has 114 valence electrons. The van der Waals surface area contributed by atoms with Crippen LogP contribution < -0.4 is 5.32 Å². The summed E-state index contributed by atoms with van der Waals surface area (Å²) in [7, 11) is 0. The van der Waals surface area contributed by atoms with Crippen molar-refractivity contribution in [3.63, 3.8) is 0 Å². The molecule has 2 atom stereocenters. The highest BCUT2D eigenvalue weighted by molar-refractivity contribution is 5.82. The molecule has 9 heteroatoms. The van der Waals surface area contributed by atoms with Gasteiger partial charge >= 0.3 is 12.1 Å². The first-order valence-corrected chi connectivity index (χ1v) is 5.75. The molecule has 0 saturated carbocycles. The summed E-state index contributed by atoms with van der Waals surface area (Å²) in [6, 6.07) is 5.95. The maximum absolute atomic E-state index is 12.2. The number of amides is 1. The molecule has 0 aliphatic rings. The topological polar surface area (TPSA) is 89.3 Å². The SMILES string of the molecule is O=C[C@@H](c1ccccc1)[C@@H](C[N+](=O)[O-])NC(=O)C(F)(F)F. The number of halogens is 3. The normalized spacial score (nSPS) is 14.0. The number of carbonyl (C=O) groups excluding carboxylic acids is 2. The van der Waals surface area contributed by atoms with Crippen molar-refractivity contribution < 1.29 is 27.7 Å². The zero-order valence-corrected chi connectivity index (χ0v) is 10.5. The minimum Gasteiger partial charge on any atom is -0.338 e. The van der Waals surface area contributed by atoms with Gasteiger partial charge in [-0.3, -0.25) is 14.9 Å². The Morgan fingerprint density at radius 2 is 1.90 bits per heavy atom. The highest BCUT2D eigenvalue weighted by Gasteiger charge is 2.42. The molecule has 1 aromatic carbocycles. The third-order valence-electron chi connectivity index (χ3n) is 2.68. The number of carbonyl (C=O) groups is 2. The Bertz CT molecular complexity index is 519. The van der Waals surface area contributed by atoms with Crippen LogP contribution in [0.1, 0.15) is 11.5 Å². The molecule has 1 amide bonds. The lowest BCUT2D eigenvalue weighted by Gasteiger charge is -2.21. The predicted octanol–water partition coefficient (Wildman–Crippen LogP) is 1.29. The molecule has 0 saturated heterocycles. The second kappa shape index (κ2) is 6.82. The lowest BCUT2D eigenvalue weighted by atomic mass is 9.92. The summed E-state index contributed by atoms with van der Waals surface area (Å²) in [5.74, 6) is -3.57. The summed E-state index contributed by atoms with van der Waals surface area (Å²) >= 11 is 0. The molecule has 0 aliphatic carbocycles. The number of nitrogens with one attached hydrogen (secondary N) is 1. The van der Waals surface area contributed by atoms with Gasteiger partial charge in [-0.2, -0.15) is 13.2 Å². The van der Waals surface area contributed by atoms with Crippen molar-refractivity contribution >= 4 is 12.2 Å². The Kier molecular flexibility index (Phi) is 5.39. The first-order chi connectivity index (χ1) is 9.75. The van der Waals surface area contributed by atoms with Crippen LogP contribution in [0, 0.1) is 10.1 Å². The van der Waals surface area contributed by atoms with E-state index in [2.05, 4.69) is 0 Å². The summed E-state index contributed by atoms with van der Waals surface area (Å²) in [4.78, 5) is 31.7.